The minimum absolute atomic E-state index is 0.0339. The lowest BCUT2D eigenvalue weighted by atomic mass is 9.95. The van der Waals surface area contributed by atoms with E-state index in [-0.39, 0.29) is 24.5 Å². The van der Waals surface area contributed by atoms with E-state index in [0.29, 0.717) is 0 Å². The highest BCUT2D eigenvalue weighted by atomic mass is 32.2. The van der Waals surface area contributed by atoms with E-state index >= 15 is 0 Å². The van der Waals surface area contributed by atoms with Gasteiger partial charge in [-0.25, -0.2) is 0 Å². The molecule has 3 atom stereocenters. The molecule has 0 aromatic heterocycles. The number of aldehydes is 1. The van der Waals surface area contributed by atoms with E-state index in [0.717, 1.165) is 12.5 Å². The molecule has 0 rings (SSSR count). The quantitative estimate of drug-likeness (QED) is 0.387. The fourth-order valence-electron chi connectivity index (χ4n) is 1.55. The fraction of sp³-hybridized carbons (Fsp3) is 0.909. The highest BCUT2D eigenvalue weighted by Crippen LogP contribution is 2.21. The number of hydrogen-bond donors (Lipinski definition) is 0. The van der Waals surface area contributed by atoms with Crippen LogP contribution in [0.2, 0.25) is 19.6 Å². The summed E-state index contributed by atoms with van der Waals surface area (Å²) in [7, 11) is -5.26. The highest BCUT2D eigenvalue weighted by molar-refractivity contribution is 7.85. The molecule has 0 aliphatic carbocycles. The highest BCUT2D eigenvalue weighted by Gasteiger charge is 2.30. The summed E-state index contributed by atoms with van der Waals surface area (Å²) in [5.74, 6) is -0.443. The Bertz CT molecular complexity index is 360. The van der Waals surface area contributed by atoms with Gasteiger partial charge in [-0.05, 0) is 19.6 Å². The Kier molecular flexibility index (Phi) is 6.70. The fourth-order valence-corrected chi connectivity index (χ4v) is 3.28. The summed E-state index contributed by atoms with van der Waals surface area (Å²) in [4.78, 5) is 10.9. The standard InChI is InChI=1S/C11H24O5SSi/c1-9(7-12)11(16-18(4,5)6)10(2)8-15-17(3,13)14/h7,9-11H,8H2,1-6H3/t9-,10-,11-/m0/s1. The van der Waals surface area contributed by atoms with Crippen molar-refractivity contribution in [1.29, 1.82) is 0 Å². The van der Waals surface area contributed by atoms with E-state index in [2.05, 4.69) is 0 Å². The molecule has 0 radical (unpaired) electrons. The first-order valence-corrected chi connectivity index (χ1v) is 11.2. The van der Waals surface area contributed by atoms with Crippen LogP contribution in [0.5, 0.6) is 0 Å². The molecule has 108 valence electrons. The second-order valence-electron chi connectivity index (χ2n) is 5.66. The van der Waals surface area contributed by atoms with Crippen molar-refractivity contribution in [3.8, 4) is 0 Å². The van der Waals surface area contributed by atoms with E-state index in [4.69, 9.17) is 8.61 Å². The van der Waals surface area contributed by atoms with Crippen LogP contribution >= 0.6 is 0 Å². The lowest BCUT2D eigenvalue weighted by molar-refractivity contribution is -0.114. The third-order valence-electron chi connectivity index (χ3n) is 2.33. The van der Waals surface area contributed by atoms with Gasteiger partial charge in [-0.15, -0.1) is 0 Å². The normalized spacial score (nSPS) is 18.1. The van der Waals surface area contributed by atoms with Crippen LogP contribution in [0.4, 0.5) is 0 Å². The van der Waals surface area contributed by atoms with Gasteiger partial charge in [0, 0.05) is 11.8 Å². The van der Waals surface area contributed by atoms with Crippen molar-refractivity contribution in [2.24, 2.45) is 11.8 Å². The second kappa shape index (κ2) is 6.79. The van der Waals surface area contributed by atoms with Gasteiger partial charge in [-0.3, -0.25) is 4.18 Å². The number of carbonyl (C=O) groups is 1. The molecule has 18 heavy (non-hydrogen) atoms. The maximum absolute atomic E-state index is 11.0. The van der Waals surface area contributed by atoms with Gasteiger partial charge >= 0.3 is 0 Å². The summed E-state index contributed by atoms with van der Waals surface area (Å²) >= 11 is 0. The van der Waals surface area contributed by atoms with Gasteiger partial charge in [0.15, 0.2) is 8.32 Å². The van der Waals surface area contributed by atoms with Gasteiger partial charge in [-0.1, -0.05) is 13.8 Å². The molecule has 0 saturated heterocycles. The summed E-state index contributed by atoms with van der Waals surface area (Å²) in [6.45, 7) is 9.72. The van der Waals surface area contributed by atoms with Crippen molar-refractivity contribution in [3.05, 3.63) is 0 Å². The third-order valence-corrected chi connectivity index (χ3v) is 3.87. The van der Waals surface area contributed by atoms with Gasteiger partial charge in [0.2, 0.25) is 0 Å². The minimum Gasteiger partial charge on any atom is -0.414 e. The van der Waals surface area contributed by atoms with Crippen molar-refractivity contribution in [3.63, 3.8) is 0 Å². The molecule has 0 aliphatic rings. The van der Waals surface area contributed by atoms with E-state index in [1.807, 2.05) is 26.6 Å². The van der Waals surface area contributed by atoms with Gasteiger partial charge in [0.05, 0.1) is 19.0 Å². The molecule has 0 aromatic rings. The Morgan fingerprint density at radius 3 is 2.06 bits per heavy atom. The predicted octanol–water partition coefficient (Wildman–Crippen LogP) is 1.65. The zero-order chi connectivity index (χ0) is 14.6. The lowest BCUT2D eigenvalue weighted by Crippen LogP contribution is -2.41. The zero-order valence-corrected chi connectivity index (χ0v) is 13.8. The minimum atomic E-state index is -3.46. The largest absolute Gasteiger partial charge is 0.414 e. The maximum atomic E-state index is 11.0. The molecule has 0 fully saturated rings. The first kappa shape index (κ1) is 17.8. The third kappa shape index (κ3) is 7.96. The van der Waals surface area contributed by atoms with Crippen molar-refractivity contribution in [2.45, 2.75) is 39.6 Å². The summed E-state index contributed by atoms with van der Waals surface area (Å²) in [6, 6.07) is 0. The van der Waals surface area contributed by atoms with E-state index in [1.165, 1.54) is 0 Å². The van der Waals surface area contributed by atoms with Crippen molar-refractivity contribution >= 4 is 24.7 Å². The molecule has 0 spiro atoms. The molecule has 0 unspecified atom stereocenters. The average molecular weight is 296 g/mol. The Morgan fingerprint density at radius 1 is 1.22 bits per heavy atom. The molecular formula is C11H24O5SSi. The number of hydrogen-bond acceptors (Lipinski definition) is 5. The molecule has 0 heterocycles. The summed E-state index contributed by atoms with van der Waals surface area (Å²) < 4.78 is 32.6. The molecule has 5 nitrogen and oxygen atoms in total. The van der Waals surface area contributed by atoms with E-state index in [9.17, 15) is 13.2 Å². The molecule has 0 amide bonds. The summed E-state index contributed by atoms with van der Waals surface area (Å²) in [5.41, 5.74) is 0. The van der Waals surface area contributed by atoms with Crippen LogP contribution < -0.4 is 0 Å². The maximum Gasteiger partial charge on any atom is 0.264 e. The first-order valence-electron chi connectivity index (χ1n) is 5.94. The molecule has 0 aliphatic heterocycles. The topological polar surface area (TPSA) is 69.7 Å². The van der Waals surface area contributed by atoms with Crippen LogP contribution in [-0.4, -0.2) is 42.0 Å². The first-order chi connectivity index (χ1) is 7.96. The van der Waals surface area contributed by atoms with Crippen LogP contribution in [0.3, 0.4) is 0 Å². The molecule has 0 aromatic carbocycles. The molecule has 0 bridgehead atoms. The van der Waals surface area contributed by atoms with Crippen molar-refractivity contribution in [2.75, 3.05) is 12.9 Å². The van der Waals surface area contributed by atoms with Crippen molar-refractivity contribution in [1.82, 2.24) is 0 Å². The second-order valence-corrected chi connectivity index (χ2v) is 11.8. The summed E-state index contributed by atoms with van der Waals surface area (Å²) in [6.07, 6.45) is 1.54. The Labute approximate surface area is 111 Å². The van der Waals surface area contributed by atoms with Crippen LogP contribution in [0.1, 0.15) is 13.8 Å². The molecule has 0 N–H and O–H groups in total. The SMILES string of the molecule is C[C@@H](C=O)[C@H](O[Si](C)(C)C)[C@@H](C)COS(C)(=O)=O. The van der Waals surface area contributed by atoms with Crippen LogP contribution in [-0.2, 0) is 23.5 Å². The van der Waals surface area contributed by atoms with Gasteiger partial charge < -0.3 is 9.22 Å². The predicted molar refractivity (Wildman–Crippen MR) is 73.4 cm³/mol. The van der Waals surface area contributed by atoms with E-state index in [1.54, 1.807) is 6.92 Å². The lowest BCUT2D eigenvalue weighted by Gasteiger charge is -2.32. The Morgan fingerprint density at radius 2 is 1.72 bits per heavy atom. The van der Waals surface area contributed by atoms with Crippen LogP contribution in [0, 0.1) is 11.8 Å². The molecule has 0 saturated carbocycles. The van der Waals surface area contributed by atoms with Gasteiger partial charge in [0.1, 0.15) is 6.29 Å². The van der Waals surface area contributed by atoms with Crippen LogP contribution in [0.25, 0.3) is 0 Å². The van der Waals surface area contributed by atoms with E-state index < -0.39 is 18.4 Å². The van der Waals surface area contributed by atoms with Gasteiger partial charge in [0.25, 0.3) is 10.1 Å². The average Bonchev–Trinajstić information content (AvgIpc) is 2.19. The molecular weight excluding hydrogens is 272 g/mol. The molecule has 7 heteroatoms. The summed E-state index contributed by atoms with van der Waals surface area (Å²) in [5, 5.41) is 0. The number of carbonyl (C=O) groups excluding carboxylic acids is 1. The Balaban J connectivity index is 4.70. The monoisotopic (exact) mass is 296 g/mol. The van der Waals surface area contributed by atoms with Crippen LogP contribution in [0.15, 0.2) is 0 Å². The number of rotatable bonds is 8. The van der Waals surface area contributed by atoms with Crippen molar-refractivity contribution < 1.29 is 21.8 Å². The zero-order valence-electron chi connectivity index (χ0n) is 12.0. The smallest absolute Gasteiger partial charge is 0.264 e. The van der Waals surface area contributed by atoms with Gasteiger partial charge in [-0.2, -0.15) is 8.42 Å². The Hall–Kier alpha value is -0.243.